The molecule has 0 aliphatic rings. The average molecular weight is 538 g/mol. The number of H-pyrrole nitrogens is 2. The zero-order valence-corrected chi connectivity index (χ0v) is 19.7. The van der Waals surface area contributed by atoms with E-state index in [1.54, 1.807) is 0 Å². The van der Waals surface area contributed by atoms with Gasteiger partial charge in [0, 0.05) is 25.8 Å². The summed E-state index contributed by atoms with van der Waals surface area (Å²) in [6.45, 7) is 0. The lowest BCUT2D eigenvalue weighted by Gasteiger charge is -2.04. The molecule has 4 aromatic carbocycles. The van der Waals surface area contributed by atoms with Crippen LogP contribution >= 0.6 is 22.6 Å². The molecule has 6 aromatic rings. The van der Waals surface area contributed by atoms with Crippen LogP contribution < -0.4 is 0 Å². The van der Waals surface area contributed by atoms with E-state index in [2.05, 4.69) is 81.1 Å². The van der Waals surface area contributed by atoms with E-state index in [4.69, 9.17) is 9.97 Å². The van der Waals surface area contributed by atoms with Gasteiger partial charge in [0.2, 0.25) is 0 Å². The van der Waals surface area contributed by atoms with Crippen LogP contribution in [0.25, 0.3) is 56.3 Å². The summed E-state index contributed by atoms with van der Waals surface area (Å²) < 4.78 is 1.18. The first-order chi connectivity index (χ1) is 16.3. The van der Waals surface area contributed by atoms with Crippen molar-refractivity contribution in [3.05, 3.63) is 107 Å². The third-order valence-electron chi connectivity index (χ3n) is 5.69. The minimum Gasteiger partial charge on any atom is -0.338 e. The van der Waals surface area contributed by atoms with Crippen molar-refractivity contribution in [2.24, 2.45) is 0 Å². The predicted octanol–water partition coefficient (Wildman–Crippen LogP) is 7.56. The normalized spacial score (nSPS) is 11.2. The quantitative estimate of drug-likeness (QED) is 0.228. The Morgan fingerprint density at radius 2 is 1.18 bits per heavy atom. The third kappa shape index (κ3) is 3.74. The second-order valence-electron chi connectivity index (χ2n) is 7.83. The first-order valence-corrected chi connectivity index (χ1v) is 11.8. The highest BCUT2D eigenvalue weighted by atomic mass is 127. The van der Waals surface area contributed by atoms with Gasteiger partial charge in [0.1, 0.15) is 11.6 Å². The smallest absolute Gasteiger partial charge is 0.139 e. The van der Waals surface area contributed by atoms with E-state index in [0.29, 0.717) is 0 Å². The molecule has 0 spiro atoms. The maximum atomic E-state index is 5.08. The summed E-state index contributed by atoms with van der Waals surface area (Å²) in [5.41, 5.74) is 8.12. The number of halogens is 1. The number of benzene rings is 4. The molecule has 0 radical (unpaired) electrons. The lowest BCUT2D eigenvalue weighted by atomic mass is 10.1. The molecular weight excluding hydrogens is 519 g/mol. The van der Waals surface area contributed by atoms with Crippen LogP contribution in [0.1, 0.15) is 0 Å². The molecule has 0 unspecified atom stereocenters. The van der Waals surface area contributed by atoms with Crippen molar-refractivity contribution in [1.29, 1.82) is 0 Å². The van der Waals surface area contributed by atoms with E-state index in [1.165, 1.54) is 3.57 Å². The number of fused-ring (bicyclic) bond motifs is 1. The van der Waals surface area contributed by atoms with Gasteiger partial charge in [0.05, 0.1) is 22.4 Å². The molecule has 0 aliphatic carbocycles. The van der Waals surface area contributed by atoms with Crippen molar-refractivity contribution in [2.75, 3.05) is 0 Å². The molecule has 0 saturated heterocycles. The van der Waals surface area contributed by atoms with Crippen molar-refractivity contribution >= 4 is 33.6 Å². The lowest BCUT2D eigenvalue weighted by Crippen LogP contribution is -1.88. The standard InChI is InChI=1S/C28H19IN4/c29-20-15-16-23-24(17-20)31-27(30-23)21-13-7-8-14-22(21)28-32-25(18-9-3-1-4-10-18)26(33-28)19-11-5-2-6-12-19/h1-17H,(H,30,31)(H,32,33). The van der Waals surface area contributed by atoms with Crippen molar-refractivity contribution in [2.45, 2.75) is 0 Å². The Hall–Kier alpha value is -3.71. The second-order valence-corrected chi connectivity index (χ2v) is 9.08. The van der Waals surface area contributed by atoms with E-state index in [-0.39, 0.29) is 0 Å². The van der Waals surface area contributed by atoms with Gasteiger partial charge < -0.3 is 9.97 Å². The monoisotopic (exact) mass is 538 g/mol. The summed E-state index contributed by atoms with van der Waals surface area (Å²) in [6.07, 6.45) is 0. The van der Waals surface area contributed by atoms with Crippen LogP contribution in [0.3, 0.4) is 0 Å². The molecule has 2 N–H and O–H groups in total. The minimum absolute atomic E-state index is 0.818. The molecule has 0 amide bonds. The van der Waals surface area contributed by atoms with Gasteiger partial charge >= 0.3 is 0 Å². The molecule has 0 aliphatic heterocycles. The summed E-state index contributed by atoms with van der Waals surface area (Å²) in [5, 5.41) is 0. The van der Waals surface area contributed by atoms with Crippen molar-refractivity contribution in [3.63, 3.8) is 0 Å². The maximum absolute atomic E-state index is 5.08. The van der Waals surface area contributed by atoms with Crippen LogP contribution in [0.15, 0.2) is 103 Å². The molecule has 0 saturated carbocycles. The number of nitrogens with zero attached hydrogens (tertiary/aromatic N) is 2. The number of aromatic nitrogens is 4. The fourth-order valence-electron chi connectivity index (χ4n) is 4.12. The zero-order valence-electron chi connectivity index (χ0n) is 17.6. The number of rotatable bonds is 4. The maximum Gasteiger partial charge on any atom is 0.139 e. The lowest BCUT2D eigenvalue weighted by molar-refractivity contribution is 1.28. The van der Waals surface area contributed by atoms with E-state index < -0.39 is 0 Å². The Morgan fingerprint density at radius 1 is 0.576 bits per heavy atom. The number of imidazole rings is 2. The summed E-state index contributed by atoms with van der Waals surface area (Å²) in [5.74, 6) is 1.65. The number of hydrogen-bond acceptors (Lipinski definition) is 2. The van der Waals surface area contributed by atoms with E-state index in [9.17, 15) is 0 Å². The van der Waals surface area contributed by atoms with Gasteiger partial charge in [0.25, 0.3) is 0 Å². The van der Waals surface area contributed by atoms with Crippen LogP contribution in [0.4, 0.5) is 0 Å². The number of hydrogen-bond donors (Lipinski definition) is 2. The van der Waals surface area contributed by atoms with Gasteiger partial charge in [0.15, 0.2) is 0 Å². The summed E-state index contributed by atoms with van der Waals surface area (Å²) >= 11 is 2.32. The first-order valence-electron chi connectivity index (χ1n) is 10.7. The predicted molar refractivity (Wildman–Crippen MR) is 143 cm³/mol. The van der Waals surface area contributed by atoms with Crippen molar-refractivity contribution in [3.8, 4) is 45.3 Å². The van der Waals surface area contributed by atoms with Crippen LogP contribution in [0.2, 0.25) is 0 Å². The highest BCUT2D eigenvalue weighted by Crippen LogP contribution is 2.36. The Balaban J connectivity index is 1.54. The molecule has 4 nitrogen and oxygen atoms in total. The van der Waals surface area contributed by atoms with Gasteiger partial charge in [-0.2, -0.15) is 0 Å². The Morgan fingerprint density at radius 3 is 1.88 bits per heavy atom. The molecule has 0 fully saturated rings. The van der Waals surface area contributed by atoms with Gasteiger partial charge in [-0.05, 0) is 40.8 Å². The number of aromatic amines is 2. The Bertz CT molecular complexity index is 1510. The van der Waals surface area contributed by atoms with Crippen LogP contribution in [0.5, 0.6) is 0 Å². The van der Waals surface area contributed by atoms with Gasteiger partial charge in [-0.25, -0.2) is 9.97 Å². The highest BCUT2D eigenvalue weighted by Gasteiger charge is 2.18. The van der Waals surface area contributed by atoms with E-state index in [1.807, 2.05) is 54.6 Å². The van der Waals surface area contributed by atoms with Gasteiger partial charge in [-0.1, -0.05) is 84.9 Å². The topological polar surface area (TPSA) is 57.4 Å². The van der Waals surface area contributed by atoms with Gasteiger partial charge in [-0.3, -0.25) is 0 Å². The van der Waals surface area contributed by atoms with Crippen LogP contribution in [0, 0.1) is 3.57 Å². The van der Waals surface area contributed by atoms with E-state index in [0.717, 1.165) is 56.3 Å². The molecule has 33 heavy (non-hydrogen) atoms. The summed E-state index contributed by atoms with van der Waals surface area (Å²) in [6, 6.07) is 35.1. The number of nitrogens with one attached hydrogen (secondary N) is 2. The minimum atomic E-state index is 0.818. The fourth-order valence-corrected chi connectivity index (χ4v) is 4.62. The molecular formula is C28H19IN4. The molecule has 2 heterocycles. The average Bonchev–Trinajstić information content (AvgIpc) is 3.50. The molecule has 0 bridgehead atoms. The third-order valence-corrected chi connectivity index (χ3v) is 6.37. The van der Waals surface area contributed by atoms with Gasteiger partial charge in [-0.15, -0.1) is 0 Å². The summed E-state index contributed by atoms with van der Waals surface area (Å²) in [4.78, 5) is 17.0. The van der Waals surface area contributed by atoms with E-state index >= 15 is 0 Å². The zero-order chi connectivity index (χ0) is 22.2. The fraction of sp³-hybridized carbons (Fsp3) is 0. The van der Waals surface area contributed by atoms with Crippen molar-refractivity contribution in [1.82, 2.24) is 19.9 Å². The Kier molecular flexibility index (Phi) is 5.03. The molecule has 6 rings (SSSR count). The highest BCUT2D eigenvalue weighted by molar-refractivity contribution is 14.1. The Labute approximate surface area is 204 Å². The molecule has 2 aromatic heterocycles. The van der Waals surface area contributed by atoms with Crippen LogP contribution in [-0.2, 0) is 0 Å². The second kappa shape index (κ2) is 8.33. The van der Waals surface area contributed by atoms with Crippen molar-refractivity contribution < 1.29 is 0 Å². The largest absolute Gasteiger partial charge is 0.338 e. The molecule has 0 atom stereocenters. The molecule has 158 valence electrons. The summed E-state index contributed by atoms with van der Waals surface area (Å²) in [7, 11) is 0. The first kappa shape index (κ1) is 19.9. The SMILES string of the molecule is Ic1ccc2nc(-c3ccccc3-c3nc(-c4ccccc4)c(-c4ccccc4)[nH]3)[nH]c2c1. The molecule has 5 heteroatoms. The van der Waals surface area contributed by atoms with Crippen LogP contribution in [-0.4, -0.2) is 19.9 Å².